The van der Waals surface area contributed by atoms with Crippen molar-refractivity contribution in [3.05, 3.63) is 87.3 Å². The first-order valence-corrected chi connectivity index (χ1v) is 9.71. The van der Waals surface area contributed by atoms with E-state index in [0.29, 0.717) is 5.56 Å². The number of carbonyl (C=O) groups is 1. The highest BCUT2D eigenvalue weighted by Gasteiger charge is 2.11. The highest BCUT2D eigenvalue weighted by Crippen LogP contribution is 2.26. The van der Waals surface area contributed by atoms with Gasteiger partial charge in [0.25, 0.3) is 5.91 Å². The number of nitrogens with zero attached hydrogens (tertiary/aromatic N) is 2. The summed E-state index contributed by atoms with van der Waals surface area (Å²) in [6, 6.07) is 17.7. The highest BCUT2D eigenvalue weighted by atomic mass is 127. The molecule has 4 rings (SSSR count). The number of aryl methyl sites for hydroxylation is 2. The normalized spacial score (nSPS) is 10.9. The summed E-state index contributed by atoms with van der Waals surface area (Å²) in [4.78, 5) is 17.3. The smallest absolute Gasteiger partial charge is 0.255 e. The van der Waals surface area contributed by atoms with Crippen LogP contribution in [0.2, 0.25) is 0 Å². The lowest BCUT2D eigenvalue weighted by Gasteiger charge is -2.10. The van der Waals surface area contributed by atoms with Crippen LogP contribution in [-0.2, 0) is 0 Å². The molecule has 1 N–H and O–H groups in total. The Morgan fingerprint density at radius 1 is 1.04 bits per heavy atom. The second kappa shape index (κ2) is 7.15. The summed E-state index contributed by atoms with van der Waals surface area (Å²) in [6.45, 7) is 4.04. The highest BCUT2D eigenvalue weighted by molar-refractivity contribution is 14.1. The SMILES string of the molecule is Cc1ccn2cc(-c3ccc(C)c(NC(=O)c4ccc(I)cc4)c3)nc2c1. The van der Waals surface area contributed by atoms with Crippen molar-refractivity contribution in [3.8, 4) is 11.3 Å². The minimum absolute atomic E-state index is 0.114. The van der Waals surface area contributed by atoms with Crippen LogP contribution in [-0.4, -0.2) is 15.3 Å². The zero-order valence-electron chi connectivity index (χ0n) is 15.0. The molecule has 134 valence electrons. The fraction of sp³-hybridized carbons (Fsp3) is 0.0909. The zero-order chi connectivity index (χ0) is 19.0. The molecule has 0 atom stereocenters. The van der Waals surface area contributed by atoms with Gasteiger partial charge >= 0.3 is 0 Å². The number of hydrogen-bond acceptors (Lipinski definition) is 2. The number of halogens is 1. The molecule has 1 amide bonds. The maximum Gasteiger partial charge on any atom is 0.255 e. The Kier molecular flexibility index (Phi) is 4.70. The minimum atomic E-state index is -0.114. The Morgan fingerprint density at radius 2 is 1.81 bits per heavy atom. The van der Waals surface area contributed by atoms with Gasteiger partial charge in [0.05, 0.1) is 5.69 Å². The van der Waals surface area contributed by atoms with Crippen molar-refractivity contribution >= 4 is 39.8 Å². The molecule has 0 saturated carbocycles. The first kappa shape index (κ1) is 17.7. The fourth-order valence-corrected chi connectivity index (χ4v) is 3.29. The number of nitrogens with one attached hydrogen (secondary N) is 1. The Bertz CT molecular complexity index is 1150. The molecule has 0 saturated heterocycles. The van der Waals surface area contributed by atoms with Gasteiger partial charge in [-0.25, -0.2) is 4.98 Å². The quantitative estimate of drug-likeness (QED) is 0.406. The van der Waals surface area contributed by atoms with E-state index in [0.717, 1.165) is 31.7 Å². The molecule has 4 nitrogen and oxygen atoms in total. The Hall–Kier alpha value is -2.67. The van der Waals surface area contributed by atoms with Gasteiger partial charge in [-0.15, -0.1) is 0 Å². The summed E-state index contributed by atoms with van der Waals surface area (Å²) in [5, 5.41) is 3.02. The molecule has 0 aliphatic rings. The van der Waals surface area contributed by atoms with Crippen molar-refractivity contribution in [1.82, 2.24) is 9.38 Å². The lowest BCUT2D eigenvalue weighted by atomic mass is 10.1. The molecule has 2 aromatic heterocycles. The van der Waals surface area contributed by atoms with Crippen molar-refractivity contribution in [2.75, 3.05) is 5.32 Å². The van der Waals surface area contributed by atoms with Gasteiger partial charge in [0.1, 0.15) is 5.65 Å². The second-order valence-corrected chi connectivity index (χ2v) is 7.83. The largest absolute Gasteiger partial charge is 0.322 e. The average Bonchev–Trinajstić information content (AvgIpc) is 3.07. The van der Waals surface area contributed by atoms with Crippen molar-refractivity contribution in [2.24, 2.45) is 0 Å². The number of pyridine rings is 1. The van der Waals surface area contributed by atoms with E-state index in [1.54, 1.807) is 0 Å². The van der Waals surface area contributed by atoms with Crippen molar-refractivity contribution in [1.29, 1.82) is 0 Å². The number of aromatic nitrogens is 2. The summed E-state index contributed by atoms with van der Waals surface area (Å²) in [5.41, 5.74) is 6.39. The van der Waals surface area contributed by atoms with Gasteiger partial charge in [0.2, 0.25) is 0 Å². The number of fused-ring (bicyclic) bond motifs is 1. The number of hydrogen-bond donors (Lipinski definition) is 1. The van der Waals surface area contributed by atoms with Crippen molar-refractivity contribution < 1.29 is 4.79 Å². The molecule has 0 fully saturated rings. The van der Waals surface area contributed by atoms with Crippen LogP contribution < -0.4 is 5.32 Å². The van der Waals surface area contributed by atoms with Crippen LogP contribution in [0.15, 0.2) is 67.0 Å². The predicted molar refractivity (Wildman–Crippen MR) is 117 cm³/mol. The Balaban J connectivity index is 1.66. The van der Waals surface area contributed by atoms with E-state index in [4.69, 9.17) is 4.98 Å². The van der Waals surface area contributed by atoms with Crippen LogP contribution in [0.25, 0.3) is 16.9 Å². The molecule has 2 heterocycles. The summed E-state index contributed by atoms with van der Waals surface area (Å²) in [7, 11) is 0. The van der Waals surface area contributed by atoms with E-state index in [2.05, 4.69) is 47.0 Å². The number of amides is 1. The number of carbonyl (C=O) groups excluding carboxylic acids is 1. The van der Waals surface area contributed by atoms with Gasteiger partial charge in [-0.3, -0.25) is 4.79 Å². The lowest BCUT2D eigenvalue weighted by Crippen LogP contribution is -2.12. The Morgan fingerprint density at radius 3 is 2.59 bits per heavy atom. The average molecular weight is 467 g/mol. The molecule has 27 heavy (non-hydrogen) atoms. The van der Waals surface area contributed by atoms with Crippen LogP contribution in [0.5, 0.6) is 0 Å². The first-order valence-electron chi connectivity index (χ1n) is 8.63. The summed E-state index contributed by atoms with van der Waals surface area (Å²) in [5.74, 6) is -0.114. The van der Waals surface area contributed by atoms with Crippen LogP contribution in [0.3, 0.4) is 0 Å². The van der Waals surface area contributed by atoms with E-state index in [1.807, 2.05) is 66.2 Å². The third kappa shape index (κ3) is 3.73. The van der Waals surface area contributed by atoms with Crippen LogP contribution in [0, 0.1) is 17.4 Å². The second-order valence-electron chi connectivity index (χ2n) is 6.59. The molecule has 4 aromatic rings. The number of imidazole rings is 1. The van der Waals surface area contributed by atoms with Crippen LogP contribution in [0.1, 0.15) is 21.5 Å². The summed E-state index contributed by atoms with van der Waals surface area (Å²) >= 11 is 2.23. The van der Waals surface area contributed by atoms with Crippen LogP contribution >= 0.6 is 22.6 Å². The molecule has 2 aromatic carbocycles. The van der Waals surface area contributed by atoms with Gasteiger partial charge in [0, 0.05) is 32.8 Å². The molecule has 0 aliphatic carbocycles. The summed E-state index contributed by atoms with van der Waals surface area (Å²) in [6.07, 6.45) is 4.01. The lowest BCUT2D eigenvalue weighted by molar-refractivity contribution is 0.102. The van der Waals surface area contributed by atoms with Crippen molar-refractivity contribution in [3.63, 3.8) is 0 Å². The number of rotatable bonds is 3. The molecule has 0 bridgehead atoms. The van der Waals surface area contributed by atoms with E-state index >= 15 is 0 Å². The molecule has 0 unspecified atom stereocenters. The topological polar surface area (TPSA) is 46.4 Å². The third-order valence-electron chi connectivity index (χ3n) is 4.50. The van der Waals surface area contributed by atoms with Gasteiger partial charge in [-0.2, -0.15) is 0 Å². The monoisotopic (exact) mass is 467 g/mol. The predicted octanol–water partition coefficient (Wildman–Crippen LogP) is 5.48. The van der Waals surface area contributed by atoms with Crippen molar-refractivity contribution in [2.45, 2.75) is 13.8 Å². The minimum Gasteiger partial charge on any atom is -0.322 e. The molecular weight excluding hydrogens is 449 g/mol. The number of anilines is 1. The van der Waals surface area contributed by atoms with Gasteiger partial charge in [-0.05, 0) is 90.0 Å². The maximum atomic E-state index is 12.6. The van der Waals surface area contributed by atoms with E-state index < -0.39 is 0 Å². The molecule has 0 spiro atoms. The van der Waals surface area contributed by atoms with Gasteiger partial charge in [-0.1, -0.05) is 12.1 Å². The van der Waals surface area contributed by atoms with Gasteiger partial charge in [0.15, 0.2) is 0 Å². The molecular formula is C22H18IN3O. The first-order chi connectivity index (χ1) is 13.0. The Labute approximate surface area is 171 Å². The zero-order valence-corrected chi connectivity index (χ0v) is 17.2. The third-order valence-corrected chi connectivity index (χ3v) is 5.22. The number of benzene rings is 2. The van der Waals surface area contributed by atoms with Crippen LogP contribution in [0.4, 0.5) is 5.69 Å². The molecule has 0 radical (unpaired) electrons. The molecule has 0 aliphatic heterocycles. The van der Waals surface area contributed by atoms with E-state index in [1.165, 1.54) is 5.56 Å². The molecule has 5 heteroatoms. The van der Waals surface area contributed by atoms with E-state index in [9.17, 15) is 4.79 Å². The summed E-state index contributed by atoms with van der Waals surface area (Å²) < 4.78 is 3.11. The fourth-order valence-electron chi connectivity index (χ4n) is 2.93. The maximum absolute atomic E-state index is 12.6. The van der Waals surface area contributed by atoms with Gasteiger partial charge < -0.3 is 9.72 Å². The van der Waals surface area contributed by atoms with E-state index in [-0.39, 0.29) is 5.91 Å². The standard InChI is InChI=1S/C22H18IN3O/c1-14-9-10-26-13-20(24-21(26)11-14)17-4-3-15(2)19(12-17)25-22(27)16-5-7-18(23)8-6-16/h3-13H,1-2H3,(H,25,27).